The summed E-state index contributed by atoms with van der Waals surface area (Å²) in [6.07, 6.45) is 4.43. The number of nitrogens with one attached hydrogen (secondary N) is 1. The van der Waals surface area contributed by atoms with Crippen LogP contribution in [0.2, 0.25) is 0 Å². The van der Waals surface area contributed by atoms with Crippen molar-refractivity contribution in [3.8, 4) is 11.1 Å². The maximum Gasteiger partial charge on any atom is 0.336 e. The first-order valence-corrected chi connectivity index (χ1v) is 16.9. The van der Waals surface area contributed by atoms with Gasteiger partial charge >= 0.3 is 5.97 Å². The Bertz CT molecular complexity index is 1860. The number of aryl methyl sites for hydroxylation is 1. The molecule has 5 rings (SSSR count). The van der Waals surface area contributed by atoms with Gasteiger partial charge < -0.3 is 15.0 Å². The number of carbonyl (C=O) groups is 1. The van der Waals surface area contributed by atoms with Gasteiger partial charge in [0.25, 0.3) is 0 Å². The summed E-state index contributed by atoms with van der Waals surface area (Å²) >= 11 is 0. The van der Waals surface area contributed by atoms with E-state index in [1.165, 1.54) is 0 Å². The van der Waals surface area contributed by atoms with Gasteiger partial charge in [0.2, 0.25) is 0 Å². The van der Waals surface area contributed by atoms with E-state index < -0.39 is 15.8 Å². The fraction of sp³-hybridized carbons (Fsp3) is 0.278. The number of aromatic nitrogens is 2. The molecule has 5 aromatic rings. The average molecular weight is 610 g/mol. The highest BCUT2D eigenvalue weighted by molar-refractivity contribution is 7.91. The number of nitrogens with zero attached hydrogens (tertiary/aromatic N) is 2. The molecule has 2 N–H and O–H groups in total. The second-order valence-corrected chi connectivity index (χ2v) is 13.2. The standard InChI is InChI=1S/C36H39N3O4S/c1-3-5-15-35-38-32-21-20-29(37-24-28-11-7-10-14-34(28)44(42,43)22-6-4-2)23-33(32)39(35)25-26-16-18-27(19-17-26)30-12-8-9-13-31(30)36(40)41/h7-14,16-21,23,37H,3-6,15,22,24-25H2,1-2H3,(H,40,41). The van der Waals surface area contributed by atoms with Gasteiger partial charge in [-0.15, -0.1) is 0 Å². The molecule has 0 bridgehead atoms. The van der Waals surface area contributed by atoms with Crippen LogP contribution in [0.15, 0.2) is 95.9 Å². The molecule has 0 aliphatic rings. The summed E-state index contributed by atoms with van der Waals surface area (Å²) in [6, 6.07) is 28.4. The van der Waals surface area contributed by atoms with Crippen molar-refractivity contribution in [2.75, 3.05) is 11.1 Å². The number of hydrogen-bond donors (Lipinski definition) is 2. The smallest absolute Gasteiger partial charge is 0.336 e. The Morgan fingerprint density at radius 1 is 0.886 bits per heavy atom. The molecular weight excluding hydrogens is 570 g/mol. The lowest BCUT2D eigenvalue weighted by Gasteiger charge is -2.13. The summed E-state index contributed by atoms with van der Waals surface area (Å²) in [7, 11) is -3.35. The van der Waals surface area contributed by atoms with Gasteiger partial charge in [-0.1, -0.05) is 87.4 Å². The molecule has 0 aliphatic heterocycles. The number of carboxylic acid groups (broad SMARTS) is 1. The number of fused-ring (bicyclic) bond motifs is 1. The topological polar surface area (TPSA) is 101 Å². The van der Waals surface area contributed by atoms with Crippen LogP contribution in [0, 0.1) is 0 Å². The van der Waals surface area contributed by atoms with E-state index >= 15 is 0 Å². The van der Waals surface area contributed by atoms with Gasteiger partial charge in [-0.05, 0) is 65.4 Å². The van der Waals surface area contributed by atoms with E-state index in [0.29, 0.717) is 30.0 Å². The number of imidazole rings is 1. The summed E-state index contributed by atoms with van der Waals surface area (Å²) in [5.41, 5.74) is 6.48. The summed E-state index contributed by atoms with van der Waals surface area (Å²) < 4.78 is 28.2. The molecule has 0 atom stereocenters. The second kappa shape index (κ2) is 13.9. The molecule has 0 radical (unpaired) electrons. The Morgan fingerprint density at radius 2 is 1.61 bits per heavy atom. The van der Waals surface area contributed by atoms with Crippen molar-refractivity contribution in [3.05, 3.63) is 114 Å². The predicted molar refractivity (Wildman–Crippen MR) is 177 cm³/mol. The molecule has 0 amide bonds. The van der Waals surface area contributed by atoms with Crippen LogP contribution in [0.1, 0.15) is 66.8 Å². The van der Waals surface area contributed by atoms with Crippen molar-refractivity contribution in [3.63, 3.8) is 0 Å². The average Bonchev–Trinajstić information content (AvgIpc) is 3.38. The monoisotopic (exact) mass is 609 g/mol. The number of unbranched alkanes of at least 4 members (excludes halogenated alkanes) is 2. The fourth-order valence-electron chi connectivity index (χ4n) is 5.47. The van der Waals surface area contributed by atoms with E-state index in [1.807, 2.05) is 67.6 Å². The van der Waals surface area contributed by atoms with Crippen molar-refractivity contribution in [1.82, 2.24) is 9.55 Å². The van der Waals surface area contributed by atoms with Crippen molar-refractivity contribution in [1.29, 1.82) is 0 Å². The highest BCUT2D eigenvalue weighted by Gasteiger charge is 2.18. The molecular formula is C36H39N3O4S. The molecule has 0 saturated heterocycles. The summed E-state index contributed by atoms with van der Waals surface area (Å²) in [4.78, 5) is 17.1. The van der Waals surface area contributed by atoms with E-state index in [2.05, 4.69) is 22.9 Å². The second-order valence-electron chi connectivity index (χ2n) is 11.1. The van der Waals surface area contributed by atoms with Gasteiger partial charge in [-0.2, -0.15) is 0 Å². The van der Waals surface area contributed by atoms with Gasteiger partial charge in [0, 0.05) is 25.2 Å². The maximum absolute atomic E-state index is 13.0. The van der Waals surface area contributed by atoms with Crippen molar-refractivity contribution >= 4 is 32.5 Å². The highest BCUT2D eigenvalue weighted by atomic mass is 32.2. The van der Waals surface area contributed by atoms with Crippen LogP contribution in [0.3, 0.4) is 0 Å². The number of hydrogen-bond acceptors (Lipinski definition) is 5. The van der Waals surface area contributed by atoms with Crippen LogP contribution >= 0.6 is 0 Å². The predicted octanol–water partition coefficient (Wildman–Crippen LogP) is 7.98. The van der Waals surface area contributed by atoms with E-state index in [-0.39, 0.29) is 11.3 Å². The Labute approximate surface area is 259 Å². The third-order valence-corrected chi connectivity index (χ3v) is 9.80. The summed E-state index contributed by atoms with van der Waals surface area (Å²) in [5, 5.41) is 13.1. The normalized spacial score (nSPS) is 11.6. The first-order valence-electron chi connectivity index (χ1n) is 15.3. The van der Waals surface area contributed by atoms with Gasteiger partial charge in [-0.3, -0.25) is 0 Å². The van der Waals surface area contributed by atoms with Crippen LogP contribution < -0.4 is 5.32 Å². The molecule has 44 heavy (non-hydrogen) atoms. The van der Waals surface area contributed by atoms with Crippen LogP contribution in [0.5, 0.6) is 0 Å². The quantitative estimate of drug-likeness (QED) is 0.132. The molecule has 1 heterocycles. The third kappa shape index (κ3) is 7.03. The number of aromatic carboxylic acids is 1. The Kier molecular flexibility index (Phi) is 9.80. The lowest BCUT2D eigenvalue weighted by Crippen LogP contribution is -2.11. The van der Waals surface area contributed by atoms with Crippen molar-refractivity contribution < 1.29 is 18.3 Å². The molecule has 4 aromatic carbocycles. The third-order valence-electron chi connectivity index (χ3n) is 7.90. The van der Waals surface area contributed by atoms with Gasteiger partial charge in [0.1, 0.15) is 5.82 Å². The van der Waals surface area contributed by atoms with E-state index in [4.69, 9.17) is 4.98 Å². The molecule has 0 aliphatic carbocycles. The highest BCUT2D eigenvalue weighted by Crippen LogP contribution is 2.27. The van der Waals surface area contributed by atoms with Gasteiger partial charge in [0.15, 0.2) is 9.84 Å². The minimum Gasteiger partial charge on any atom is -0.478 e. The summed E-state index contributed by atoms with van der Waals surface area (Å²) in [6.45, 7) is 5.18. The SMILES string of the molecule is CCCCc1nc2ccc(NCc3ccccc3S(=O)(=O)CCCC)cc2n1Cc1ccc(-c2ccccc2C(=O)O)cc1. The molecule has 0 fully saturated rings. The zero-order chi connectivity index (χ0) is 31.1. The Balaban J connectivity index is 1.42. The van der Waals surface area contributed by atoms with Crippen LogP contribution in [0.4, 0.5) is 5.69 Å². The van der Waals surface area contributed by atoms with E-state index in [9.17, 15) is 18.3 Å². The fourth-order valence-corrected chi connectivity index (χ4v) is 7.19. The van der Waals surface area contributed by atoms with Crippen molar-refractivity contribution in [2.45, 2.75) is 63.9 Å². The molecule has 7 nitrogen and oxygen atoms in total. The largest absolute Gasteiger partial charge is 0.478 e. The van der Waals surface area contributed by atoms with Crippen LogP contribution in [-0.4, -0.2) is 34.8 Å². The van der Waals surface area contributed by atoms with E-state index in [0.717, 1.165) is 64.9 Å². The molecule has 1 aromatic heterocycles. The molecule has 8 heteroatoms. The first-order chi connectivity index (χ1) is 21.3. The number of carboxylic acids is 1. The minimum absolute atomic E-state index is 0.152. The molecule has 228 valence electrons. The molecule has 0 spiro atoms. The van der Waals surface area contributed by atoms with Crippen LogP contribution in [0.25, 0.3) is 22.2 Å². The van der Waals surface area contributed by atoms with Crippen LogP contribution in [-0.2, 0) is 29.3 Å². The molecule has 0 unspecified atom stereocenters. The molecule has 0 saturated carbocycles. The number of anilines is 1. The Hall–Kier alpha value is -4.43. The minimum atomic E-state index is -3.35. The number of rotatable bonds is 14. The van der Waals surface area contributed by atoms with Gasteiger partial charge in [0.05, 0.1) is 27.2 Å². The lowest BCUT2D eigenvalue weighted by atomic mass is 9.99. The zero-order valence-corrected chi connectivity index (χ0v) is 26.1. The zero-order valence-electron chi connectivity index (χ0n) is 25.3. The van der Waals surface area contributed by atoms with Gasteiger partial charge in [-0.25, -0.2) is 18.2 Å². The van der Waals surface area contributed by atoms with Crippen molar-refractivity contribution in [2.24, 2.45) is 0 Å². The number of benzene rings is 4. The number of sulfone groups is 1. The lowest BCUT2D eigenvalue weighted by molar-refractivity contribution is 0.0697. The summed E-state index contributed by atoms with van der Waals surface area (Å²) in [5.74, 6) is 0.229. The first kappa shape index (κ1) is 31.0. The van der Waals surface area contributed by atoms with E-state index in [1.54, 1.807) is 24.3 Å². The maximum atomic E-state index is 13.0. The Morgan fingerprint density at radius 3 is 2.36 bits per heavy atom.